The average Bonchev–Trinajstić information content (AvgIpc) is 2.19. The van der Waals surface area contributed by atoms with Crippen LogP contribution in [0.4, 0.5) is 5.69 Å². The van der Waals surface area contributed by atoms with Crippen LogP contribution >= 0.6 is 0 Å². The molecule has 0 aliphatic rings. The van der Waals surface area contributed by atoms with Gasteiger partial charge in [0.15, 0.2) is 5.96 Å². The number of anilines is 1. The predicted molar refractivity (Wildman–Crippen MR) is 66.4 cm³/mol. The Morgan fingerprint density at radius 1 is 1.40 bits per heavy atom. The lowest BCUT2D eigenvalue weighted by atomic mass is 10.2. The van der Waals surface area contributed by atoms with Crippen molar-refractivity contribution in [2.75, 3.05) is 18.0 Å². The molecule has 0 atom stereocenters. The molecule has 1 aromatic rings. The van der Waals surface area contributed by atoms with E-state index in [1.54, 1.807) is 0 Å². The van der Waals surface area contributed by atoms with Gasteiger partial charge < -0.3 is 10.6 Å². The van der Waals surface area contributed by atoms with Crippen LogP contribution < -0.4 is 10.6 Å². The van der Waals surface area contributed by atoms with E-state index in [1.165, 1.54) is 5.56 Å². The zero-order valence-corrected chi connectivity index (χ0v) is 9.70. The van der Waals surface area contributed by atoms with Gasteiger partial charge in [0, 0.05) is 18.8 Å². The van der Waals surface area contributed by atoms with Crippen LogP contribution in [0.2, 0.25) is 0 Å². The predicted octanol–water partition coefficient (Wildman–Crippen LogP) is 2.16. The second-order valence-corrected chi connectivity index (χ2v) is 3.42. The Kier molecular flexibility index (Phi) is 4.16. The van der Waals surface area contributed by atoms with Crippen LogP contribution in [0.5, 0.6) is 0 Å². The first-order valence-electron chi connectivity index (χ1n) is 5.33. The molecule has 2 N–H and O–H groups in total. The molecule has 3 heteroatoms. The molecule has 3 nitrogen and oxygen atoms in total. The first-order chi connectivity index (χ1) is 7.19. The molecule has 0 radical (unpaired) electrons. The molecule has 0 aliphatic carbocycles. The molecule has 0 saturated carbocycles. The minimum atomic E-state index is 0.589. The highest BCUT2D eigenvalue weighted by molar-refractivity contribution is 5.94. The summed E-state index contributed by atoms with van der Waals surface area (Å²) in [5.41, 5.74) is 8.23. The lowest BCUT2D eigenvalue weighted by Gasteiger charge is -2.22. The first-order valence-corrected chi connectivity index (χ1v) is 5.33. The van der Waals surface area contributed by atoms with Gasteiger partial charge in [-0.1, -0.05) is 12.1 Å². The number of hydrogen-bond acceptors (Lipinski definition) is 1. The summed E-state index contributed by atoms with van der Waals surface area (Å²) < 4.78 is 0. The number of guanidine groups is 1. The van der Waals surface area contributed by atoms with Crippen molar-refractivity contribution in [3.05, 3.63) is 29.8 Å². The third-order valence-corrected chi connectivity index (χ3v) is 2.23. The second-order valence-electron chi connectivity index (χ2n) is 3.42. The summed E-state index contributed by atoms with van der Waals surface area (Å²) in [7, 11) is 0. The number of rotatable bonds is 3. The Bertz CT molecular complexity index is 344. The van der Waals surface area contributed by atoms with Crippen molar-refractivity contribution in [2.45, 2.75) is 20.8 Å². The fourth-order valence-corrected chi connectivity index (χ4v) is 1.52. The molecule has 0 amide bonds. The molecule has 0 unspecified atom stereocenters. The molecular formula is C12H19N3. The minimum absolute atomic E-state index is 0.589. The maximum Gasteiger partial charge on any atom is 0.195 e. The lowest BCUT2D eigenvalue weighted by molar-refractivity contribution is 1.01. The van der Waals surface area contributed by atoms with Crippen molar-refractivity contribution in [1.29, 1.82) is 0 Å². The maximum absolute atomic E-state index is 5.90. The average molecular weight is 205 g/mol. The van der Waals surface area contributed by atoms with Crippen LogP contribution in [-0.2, 0) is 0 Å². The van der Waals surface area contributed by atoms with Gasteiger partial charge in [-0.15, -0.1) is 0 Å². The van der Waals surface area contributed by atoms with E-state index in [1.807, 2.05) is 17.9 Å². The number of nitrogens with two attached hydrogens (primary N) is 1. The van der Waals surface area contributed by atoms with E-state index >= 15 is 0 Å². The van der Waals surface area contributed by atoms with Crippen molar-refractivity contribution in [2.24, 2.45) is 10.7 Å². The van der Waals surface area contributed by atoms with Gasteiger partial charge in [-0.25, -0.2) is 0 Å². The van der Waals surface area contributed by atoms with Gasteiger partial charge in [0.1, 0.15) is 0 Å². The zero-order chi connectivity index (χ0) is 11.3. The van der Waals surface area contributed by atoms with Gasteiger partial charge in [-0.3, -0.25) is 4.99 Å². The van der Waals surface area contributed by atoms with Crippen molar-refractivity contribution < 1.29 is 0 Å². The summed E-state index contributed by atoms with van der Waals surface area (Å²) in [5, 5.41) is 0. The number of hydrogen-bond donors (Lipinski definition) is 1. The molecule has 0 saturated heterocycles. The number of aryl methyl sites for hydroxylation is 1. The minimum Gasteiger partial charge on any atom is -0.370 e. The Morgan fingerprint density at radius 2 is 2.13 bits per heavy atom. The summed E-state index contributed by atoms with van der Waals surface area (Å²) in [6.45, 7) is 7.68. The highest BCUT2D eigenvalue weighted by Crippen LogP contribution is 2.15. The smallest absolute Gasteiger partial charge is 0.195 e. The summed E-state index contributed by atoms with van der Waals surface area (Å²) in [4.78, 5) is 6.23. The van der Waals surface area contributed by atoms with Crippen LogP contribution in [0, 0.1) is 6.92 Å². The summed E-state index contributed by atoms with van der Waals surface area (Å²) in [5.74, 6) is 0.589. The van der Waals surface area contributed by atoms with E-state index in [4.69, 9.17) is 5.73 Å². The summed E-state index contributed by atoms with van der Waals surface area (Å²) in [6.07, 6.45) is 0. The van der Waals surface area contributed by atoms with Crippen LogP contribution in [0.3, 0.4) is 0 Å². The Hall–Kier alpha value is -1.51. The fourth-order valence-electron chi connectivity index (χ4n) is 1.52. The van der Waals surface area contributed by atoms with Crippen molar-refractivity contribution >= 4 is 11.6 Å². The number of nitrogens with zero attached hydrogens (tertiary/aromatic N) is 2. The van der Waals surface area contributed by atoms with Gasteiger partial charge >= 0.3 is 0 Å². The van der Waals surface area contributed by atoms with Crippen LogP contribution in [0.15, 0.2) is 29.3 Å². The quantitative estimate of drug-likeness (QED) is 0.607. The fraction of sp³-hybridized carbons (Fsp3) is 0.417. The molecule has 15 heavy (non-hydrogen) atoms. The Balaban J connectivity index is 2.97. The van der Waals surface area contributed by atoms with E-state index in [9.17, 15) is 0 Å². The van der Waals surface area contributed by atoms with E-state index in [0.717, 1.165) is 12.2 Å². The standard InChI is InChI=1S/C12H19N3/c1-4-14-12(13)15(5-2)11-8-6-7-10(3)9-11/h6-9H,4-5H2,1-3H3,(H2,13,14). The van der Waals surface area contributed by atoms with Gasteiger partial charge in [-0.05, 0) is 38.5 Å². The lowest BCUT2D eigenvalue weighted by Crippen LogP contribution is -2.37. The van der Waals surface area contributed by atoms with E-state index in [2.05, 4.69) is 37.0 Å². The molecular weight excluding hydrogens is 186 g/mol. The van der Waals surface area contributed by atoms with Crippen molar-refractivity contribution in [3.8, 4) is 0 Å². The highest BCUT2D eigenvalue weighted by Gasteiger charge is 2.07. The summed E-state index contributed by atoms with van der Waals surface area (Å²) >= 11 is 0. The largest absolute Gasteiger partial charge is 0.370 e. The number of benzene rings is 1. The molecule has 0 aliphatic heterocycles. The van der Waals surface area contributed by atoms with Crippen LogP contribution in [0.25, 0.3) is 0 Å². The van der Waals surface area contributed by atoms with Gasteiger partial charge in [0.05, 0.1) is 0 Å². The van der Waals surface area contributed by atoms with E-state index in [-0.39, 0.29) is 0 Å². The summed E-state index contributed by atoms with van der Waals surface area (Å²) in [6, 6.07) is 8.27. The molecule has 1 rings (SSSR count). The van der Waals surface area contributed by atoms with Crippen LogP contribution in [-0.4, -0.2) is 19.0 Å². The Morgan fingerprint density at radius 3 is 2.67 bits per heavy atom. The zero-order valence-electron chi connectivity index (χ0n) is 9.70. The van der Waals surface area contributed by atoms with E-state index < -0.39 is 0 Å². The van der Waals surface area contributed by atoms with Gasteiger partial charge in [0.25, 0.3) is 0 Å². The first kappa shape index (κ1) is 11.6. The van der Waals surface area contributed by atoms with Gasteiger partial charge in [-0.2, -0.15) is 0 Å². The van der Waals surface area contributed by atoms with Gasteiger partial charge in [0.2, 0.25) is 0 Å². The van der Waals surface area contributed by atoms with Crippen molar-refractivity contribution in [1.82, 2.24) is 0 Å². The molecule has 0 heterocycles. The molecule has 0 fully saturated rings. The molecule has 82 valence electrons. The molecule has 0 aromatic heterocycles. The molecule has 0 spiro atoms. The van der Waals surface area contributed by atoms with Crippen molar-refractivity contribution in [3.63, 3.8) is 0 Å². The third-order valence-electron chi connectivity index (χ3n) is 2.23. The highest BCUT2D eigenvalue weighted by atomic mass is 15.2. The monoisotopic (exact) mass is 205 g/mol. The SMILES string of the molecule is CCN=C(N)N(CC)c1cccc(C)c1. The van der Waals surface area contributed by atoms with E-state index in [0.29, 0.717) is 12.5 Å². The molecule has 1 aromatic carbocycles. The normalized spacial score (nSPS) is 11.5. The topological polar surface area (TPSA) is 41.6 Å². The van der Waals surface area contributed by atoms with Crippen LogP contribution in [0.1, 0.15) is 19.4 Å². The number of aliphatic imine (C=N–C) groups is 1. The maximum atomic E-state index is 5.90. The third kappa shape index (κ3) is 2.98. The molecule has 0 bridgehead atoms. The Labute approximate surface area is 91.6 Å². The second kappa shape index (κ2) is 5.39.